The second-order valence-corrected chi connectivity index (χ2v) is 8.65. The van der Waals surface area contributed by atoms with Crippen LogP contribution in [0.15, 0.2) is 54.6 Å². The van der Waals surface area contributed by atoms with Crippen LogP contribution < -0.4 is 10.0 Å². The van der Waals surface area contributed by atoms with Crippen molar-refractivity contribution in [1.82, 2.24) is 9.29 Å². The molecule has 2 N–H and O–H groups in total. The first-order chi connectivity index (χ1) is 13.7. The van der Waals surface area contributed by atoms with Crippen molar-refractivity contribution in [3.05, 3.63) is 82.9 Å². The standard InChI is InChI=1S/C21H22FN3O3S/c1-14-12-18(15(2)25(14)20-7-5-4-6-19(20)22)21(26)24-17-10-8-16(9-11-17)13-23-29(3,27)28/h4-12,23H,13H2,1-3H3,(H,24,26). The number of para-hydroxylation sites is 1. The van der Waals surface area contributed by atoms with Gasteiger partial charge in [0.25, 0.3) is 5.91 Å². The summed E-state index contributed by atoms with van der Waals surface area (Å²) >= 11 is 0. The maximum absolute atomic E-state index is 14.2. The number of rotatable bonds is 6. The van der Waals surface area contributed by atoms with Crippen molar-refractivity contribution in [3.8, 4) is 5.69 Å². The second-order valence-electron chi connectivity index (χ2n) is 6.82. The Morgan fingerprint density at radius 2 is 1.72 bits per heavy atom. The van der Waals surface area contributed by atoms with E-state index < -0.39 is 10.0 Å². The highest BCUT2D eigenvalue weighted by Crippen LogP contribution is 2.23. The van der Waals surface area contributed by atoms with Gasteiger partial charge in [-0.25, -0.2) is 17.5 Å². The smallest absolute Gasteiger partial charge is 0.257 e. The lowest BCUT2D eigenvalue weighted by molar-refractivity contribution is 0.102. The number of anilines is 1. The van der Waals surface area contributed by atoms with E-state index in [2.05, 4.69) is 10.0 Å². The molecule has 0 aliphatic carbocycles. The van der Waals surface area contributed by atoms with E-state index >= 15 is 0 Å². The van der Waals surface area contributed by atoms with Crippen LogP contribution >= 0.6 is 0 Å². The van der Waals surface area contributed by atoms with Gasteiger partial charge in [0, 0.05) is 23.6 Å². The van der Waals surface area contributed by atoms with Crippen LogP contribution in [0.2, 0.25) is 0 Å². The highest BCUT2D eigenvalue weighted by atomic mass is 32.2. The first-order valence-electron chi connectivity index (χ1n) is 8.94. The van der Waals surface area contributed by atoms with Gasteiger partial charge in [0.1, 0.15) is 5.82 Å². The Morgan fingerprint density at radius 1 is 1.07 bits per heavy atom. The second kappa shape index (κ2) is 8.18. The van der Waals surface area contributed by atoms with Crippen LogP contribution in [-0.4, -0.2) is 25.1 Å². The molecule has 0 radical (unpaired) electrons. The van der Waals surface area contributed by atoms with Gasteiger partial charge in [-0.05, 0) is 49.7 Å². The molecule has 0 bridgehead atoms. The Balaban J connectivity index is 1.78. The molecular weight excluding hydrogens is 393 g/mol. The number of hydrogen-bond acceptors (Lipinski definition) is 3. The summed E-state index contributed by atoms with van der Waals surface area (Å²) in [5.74, 6) is -0.665. The molecule has 1 aromatic heterocycles. The van der Waals surface area contributed by atoms with Gasteiger partial charge in [0.05, 0.1) is 17.5 Å². The number of carbonyl (C=O) groups is 1. The molecular formula is C21H22FN3O3S. The molecule has 3 aromatic rings. The van der Waals surface area contributed by atoms with Crippen molar-refractivity contribution in [2.75, 3.05) is 11.6 Å². The molecule has 0 aliphatic heterocycles. The number of aromatic nitrogens is 1. The van der Waals surface area contributed by atoms with Crippen molar-refractivity contribution in [2.24, 2.45) is 0 Å². The Bertz CT molecular complexity index is 1150. The highest BCUT2D eigenvalue weighted by molar-refractivity contribution is 7.88. The average molecular weight is 415 g/mol. The zero-order valence-electron chi connectivity index (χ0n) is 16.4. The largest absolute Gasteiger partial charge is 0.322 e. The number of nitrogens with zero attached hydrogens (tertiary/aromatic N) is 1. The number of hydrogen-bond donors (Lipinski definition) is 2. The monoisotopic (exact) mass is 415 g/mol. The van der Waals surface area contributed by atoms with Crippen molar-refractivity contribution in [2.45, 2.75) is 20.4 Å². The van der Waals surface area contributed by atoms with Gasteiger partial charge >= 0.3 is 0 Å². The molecule has 8 heteroatoms. The van der Waals surface area contributed by atoms with Gasteiger partial charge < -0.3 is 9.88 Å². The first kappa shape index (κ1) is 20.8. The SMILES string of the molecule is Cc1cc(C(=O)Nc2ccc(CNS(C)(=O)=O)cc2)c(C)n1-c1ccccc1F. The Hall–Kier alpha value is -2.97. The van der Waals surface area contributed by atoms with Crippen LogP contribution in [0.3, 0.4) is 0 Å². The summed E-state index contributed by atoms with van der Waals surface area (Å²) in [6.07, 6.45) is 1.10. The highest BCUT2D eigenvalue weighted by Gasteiger charge is 2.18. The fourth-order valence-electron chi connectivity index (χ4n) is 3.12. The predicted octanol–water partition coefficient (Wildman–Crippen LogP) is 3.53. The third-order valence-corrected chi connectivity index (χ3v) is 5.19. The van der Waals surface area contributed by atoms with Crippen LogP contribution in [0.4, 0.5) is 10.1 Å². The maximum Gasteiger partial charge on any atom is 0.257 e. The van der Waals surface area contributed by atoms with Gasteiger partial charge in [0.15, 0.2) is 0 Å². The summed E-state index contributed by atoms with van der Waals surface area (Å²) in [7, 11) is -3.27. The van der Waals surface area contributed by atoms with Crippen LogP contribution in [0.25, 0.3) is 5.69 Å². The Kier molecular flexibility index (Phi) is 5.86. The summed E-state index contributed by atoms with van der Waals surface area (Å²) in [6, 6.07) is 15.0. The Morgan fingerprint density at radius 3 is 2.34 bits per heavy atom. The van der Waals surface area contributed by atoms with Crippen molar-refractivity contribution in [3.63, 3.8) is 0 Å². The van der Waals surface area contributed by atoms with Gasteiger partial charge in [-0.15, -0.1) is 0 Å². The zero-order chi connectivity index (χ0) is 21.2. The van der Waals surface area contributed by atoms with Crippen LogP contribution in [0, 0.1) is 19.7 Å². The molecule has 1 amide bonds. The summed E-state index contributed by atoms with van der Waals surface area (Å²) in [5.41, 5.74) is 3.58. The first-order valence-corrected chi connectivity index (χ1v) is 10.8. The topological polar surface area (TPSA) is 80.2 Å². The van der Waals surface area contributed by atoms with Crippen molar-refractivity contribution in [1.29, 1.82) is 0 Å². The minimum atomic E-state index is -3.27. The molecule has 0 unspecified atom stereocenters. The lowest BCUT2D eigenvalue weighted by Crippen LogP contribution is -2.21. The molecule has 2 aromatic carbocycles. The quantitative estimate of drug-likeness (QED) is 0.646. The number of carbonyl (C=O) groups excluding carboxylic acids is 1. The molecule has 0 saturated heterocycles. The number of nitrogens with one attached hydrogen (secondary N) is 2. The van der Waals surface area contributed by atoms with Crippen molar-refractivity contribution >= 4 is 21.6 Å². The predicted molar refractivity (Wildman–Crippen MR) is 111 cm³/mol. The summed E-state index contributed by atoms with van der Waals surface area (Å²) in [5, 5.41) is 2.82. The third-order valence-electron chi connectivity index (χ3n) is 4.52. The lowest BCUT2D eigenvalue weighted by Gasteiger charge is -2.11. The van der Waals surface area contributed by atoms with Gasteiger partial charge in [0.2, 0.25) is 10.0 Å². The van der Waals surface area contributed by atoms with E-state index in [1.165, 1.54) is 6.07 Å². The fraction of sp³-hybridized carbons (Fsp3) is 0.190. The molecule has 0 saturated carbocycles. The summed E-state index contributed by atoms with van der Waals surface area (Å²) in [4.78, 5) is 12.7. The molecule has 0 spiro atoms. The molecule has 0 atom stereocenters. The molecule has 29 heavy (non-hydrogen) atoms. The maximum atomic E-state index is 14.2. The molecule has 152 valence electrons. The van der Waals surface area contributed by atoms with E-state index in [9.17, 15) is 17.6 Å². The van der Waals surface area contributed by atoms with Gasteiger partial charge in [-0.3, -0.25) is 4.79 Å². The van der Waals surface area contributed by atoms with E-state index in [1.807, 2.05) is 6.92 Å². The molecule has 3 rings (SSSR count). The summed E-state index contributed by atoms with van der Waals surface area (Å²) in [6.45, 7) is 3.77. The molecule has 0 fully saturated rings. The lowest BCUT2D eigenvalue weighted by atomic mass is 10.2. The number of benzene rings is 2. The number of amides is 1. The molecule has 0 aliphatic rings. The minimum absolute atomic E-state index is 0.177. The average Bonchev–Trinajstić information content (AvgIpc) is 2.95. The molecule has 6 nitrogen and oxygen atoms in total. The summed E-state index contributed by atoms with van der Waals surface area (Å²) < 4.78 is 40.7. The van der Waals surface area contributed by atoms with Crippen LogP contribution in [0.1, 0.15) is 27.3 Å². The fourth-order valence-corrected chi connectivity index (χ4v) is 3.54. The van der Waals surface area contributed by atoms with E-state index in [4.69, 9.17) is 0 Å². The van der Waals surface area contributed by atoms with Crippen LogP contribution in [0.5, 0.6) is 0 Å². The Labute approximate surface area is 169 Å². The zero-order valence-corrected chi connectivity index (χ0v) is 17.2. The van der Waals surface area contributed by atoms with E-state index in [0.29, 0.717) is 22.6 Å². The van der Waals surface area contributed by atoms with Crippen molar-refractivity contribution < 1.29 is 17.6 Å². The van der Waals surface area contributed by atoms with E-state index in [1.54, 1.807) is 60.0 Å². The van der Waals surface area contributed by atoms with E-state index in [0.717, 1.165) is 17.5 Å². The number of halogens is 1. The molecule has 1 heterocycles. The van der Waals surface area contributed by atoms with E-state index in [-0.39, 0.29) is 18.3 Å². The number of aryl methyl sites for hydroxylation is 1. The normalized spacial score (nSPS) is 11.4. The third kappa shape index (κ3) is 4.90. The van der Waals surface area contributed by atoms with Gasteiger partial charge in [-0.1, -0.05) is 24.3 Å². The van der Waals surface area contributed by atoms with Crippen LogP contribution in [-0.2, 0) is 16.6 Å². The van der Waals surface area contributed by atoms with Gasteiger partial charge in [-0.2, -0.15) is 0 Å². The number of sulfonamides is 1. The minimum Gasteiger partial charge on any atom is -0.322 e.